The van der Waals surface area contributed by atoms with Crippen LogP contribution in [-0.4, -0.2) is 5.97 Å². The lowest BCUT2D eigenvalue weighted by atomic mass is 10.2. The highest BCUT2D eigenvalue weighted by atomic mass is 79.9. The first-order valence-electron chi connectivity index (χ1n) is 5.63. The standard InChI is InChI=1S/C14H10BrClFNO2/c15-11-3-2-10(17)5-9(11)7-20-14(19)8-1-4-13(18)12(16)6-8/h1-6H,7,18H2. The van der Waals surface area contributed by atoms with Crippen molar-refractivity contribution in [3.8, 4) is 0 Å². The molecule has 2 aromatic carbocycles. The predicted molar refractivity (Wildman–Crippen MR) is 79.1 cm³/mol. The maximum Gasteiger partial charge on any atom is 0.338 e. The normalized spacial score (nSPS) is 10.3. The van der Waals surface area contributed by atoms with Crippen LogP contribution < -0.4 is 5.73 Å². The molecule has 0 amide bonds. The minimum absolute atomic E-state index is 0.0425. The molecule has 3 nitrogen and oxygen atoms in total. The molecule has 0 aliphatic rings. The molecule has 0 atom stereocenters. The molecule has 0 heterocycles. The topological polar surface area (TPSA) is 52.3 Å². The van der Waals surface area contributed by atoms with Gasteiger partial charge in [0.25, 0.3) is 0 Å². The van der Waals surface area contributed by atoms with Crippen LogP contribution >= 0.6 is 27.5 Å². The van der Waals surface area contributed by atoms with Gasteiger partial charge in [-0.25, -0.2) is 9.18 Å². The summed E-state index contributed by atoms with van der Waals surface area (Å²) in [4.78, 5) is 11.8. The van der Waals surface area contributed by atoms with Crippen LogP contribution in [0.2, 0.25) is 5.02 Å². The third kappa shape index (κ3) is 3.49. The Balaban J connectivity index is 2.08. The lowest BCUT2D eigenvalue weighted by Gasteiger charge is -2.08. The van der Waals surface area contributed by atoms with E-state index in [2.05, 4.69) is 15.9 Å². The highest BCUT2D eigenvalue weighted by Gasteiger charge is 2.11. The van der Waals surface area contributed by atoms with Gasteiger partial charge in [-0.3, -0.25) is 0 Å². The van der Waals surface area contributed by atoms with E-state index in [0.717, 1.165) is 0 Å². The van der Waals surface area contributed by atoms with Crippen molar-refractivity contribution in [2.75, 3.05) is 5.73 Å². The van der Waals surface area contributed by atoms with E-state index in [1.165, 1.54) is 30.3 Å². The number of anilines is 1. The number of carbonyl (C=O) groups excluding carboxylic acids is 1. The van der Waals surface area contributed by atoms with Gasteiger partial charge in [0.15, 0.2) is 0 Å². The molecule has 0 bridgehead atoms. The Morgan fingerprint density at radius 1 is 1.30 bits per heavy atom. The van der Waals surface area contributed by atoms with Crippen LogP contribution in [0.4, 0.5) is 10.1 Å². The number of carbonyl (C=O) groups is 1. The number of ether oxygens (including phenoxy) is 1. The summed E-state index contributed by atoms with van der Waals surface area (Å²) >= 11 is 9.09. The van der Waals surface area contributed by atoms with Gasteiger partial charge in [-0.05, 0) is 36.4 Å². The molecule has 2 aromatic rings. The van der Waals surface area contributed by atoms with Crippen molar-refractivity contribution in [2.24, 2.45) is 0 Å². The summed E-state index contributed by atoms with van der Waals surface area (Å²) < 4.78 is 18.9. The molecule has 0 saturated carbocycles. The maximum absolute atomic E-state index is 13.1. The zero-order valence-electron chi connectivity index (χ0n) is 10.2. The second-order valence-corrected chi connectivity index (χ2v) is 5.31. The second-order valence-electron chi connectivity index (χ2n) is 4.05. The van der Waals surface area contributed by atoms with Gasteiger partial charge >= 0.3 is 5.97 Å². The Kier molecular flexibility index (Phi) is 4.62. The van der Waals surface area contributed by atoms with Gasteiger partial charge in [0.05, 0.1) is 16.3 Å². The van der Waals surface area contributed by atoms with Crippen molar-refractivity contribution < 1.29 is 13.9 Å². The minimum Gasteiger partial charge on any atom is -0.457 e. The third-order valence-electron chi connectivity index (χ3n) is 2.60. The summed E-state index contributed by atoms with van der Waals surface area (Å²) in [6.45, 7) is -0.0425. The largest absolute Gasteiger partial charge is 0.457 e. The number of hydrogen-bond donors (Lipinski definition) is 1. The molecule has 20 heavy (non-hydrogen) atoms. The lowest BCUT2D eigenvalue weighted by molar-refractivity contribution is 0.0471. The van der Waals surface area contributed by atoms with Crippen LogP contribution in [0.1, 0.15) is 15.9 Å². The van der Waals surface area contributed by atoms with E-state index < -0.39 is 11.8 Å². The zero-order chi connectivity index (χ0) is 14.7. The molecule has 0 aliphatic carbocycles. The van der Waals surface area contributed by atoms with E-state index >= 15 is 0 Å². The lowest BCUT2D eigenvalue weighted by Crippen LogP contribution is -2.06. The van der Waals surface area contributed by atoms with Crippen LogP contribution in [0.15, 0.2) is 40.9 Å². The van der Waals surface area contributed by atoms with Crippen LogP contribution in [0.5, 0.6) is 0 Å². The Labute approximate surface area is 128 Å². The van der Waals surface area contributed by atoms with Crippen molar-refractivity contribution in [1.82, 2.24) is 0 Å². The van der Waals surface area contributed by atoms with Gasteiger partial charge in [-0.2, -0.15) is 0 Å². The zero-order valence-corrected chi connectivity index (χ0v) is 12.5. The number of nitrogens with two attached hydrogens (primary N) is 1. The van der Waals surface area contributed by atoms with Crippen molar-refractivity contribution in [3.63, 3.8) is 0 Å². The number of esters is 1. The van der Waals surface area contributed by atoms with Gasteiger partial charge in [-0.1, -0.05) is 27.5 Å². The maximum atomic E-state index is 13.1. The number of benzene rings is 2. The van der Waals surface area contributed by atoms with Crippen molar-refractivity contribution in [3.05, 3.63) is 62.8 Å². The Morgan fingerprint density at radius 3 is 2.75 bits per heavy atom. The number of nitrogen functional groups attached to an aromatic ring is 1. The average molecular weight is 359 g/mol. The van der Waals surface area contributed by atoms with Crippen LogP contribution in [-0.2, 0) is 11.3 Å². The first-order valence-corrected chi connectivity index (χ1v) is 6.80. The van der Waals surface area contributed by atoms with E-state index in [-0.39, 0.29) is 17.2 Å². The minimum atomic E-state index is -0.553. The molecule has 0 saturated heterocycles. The molecule has 2 rings (SSSR count). The van der Waals surface area contributed by atoms with E-state index in [0.29, 0.717) is 15.7 Å². The SMILES string of the molecule is Nc1ccc(C(=O)OCc2cc(F)ccc2Br)cc1Cl. The predicted octanol–water partition coefficient (Wildman–Crippen LogP) is 4.18. The van der Waals surface area contributed by atoms with Crippen LogP contribution in [0, 0.1) is 5.82 Å². The van der Waals surface area contributed by atoms with Gasteiger partial charge < -0.3 is 10.5 Å². The van der Waals surface area contributed by atoms with Crippen molar-refractivity contribution >= 4 is 39.2 Å². The number of halogens is 3. The van der Waals surface area contributed by atoms with E-state index in [9.17, 15) is 9.18 Å². The summed E-state index contributed by atoms with van der Waals surface area (Å²) in [6.07, 6.45) is 0. The Bertz CT molecular complexity index is 664. The first-order chi connectivity index (χ1) is 9.47. The highest BCUT2D eigenvalue weighted by Crippen LogP contribution is 2.22. The van der Waals surface area contributed by atoms with Crippen LogP contribution in [0.25, 0.3) is 0 Å². The average Bonchev–Trinajstić information content (AvgIpc) is 2.42. The van der Waals surface area contributed by atoms with Crippen molar-refractivity contribution in [2.45, 2.75) is 6.61 Å². The number of hydrogen-bond acceptors (Lipinski definition) is 3. The van der Waals surface area contributed by atoms with E-state index in [1.807, 2.05) is 0 Å². The summed E-state index contributed by atoms with van der Waals surface area (Å²) in [5.41, 5.74) is 6.77. The Hall–Kier alpha value is -1.59. The summed E-state index contributed by atoms with van der Waals surface area (Å²) in [5, 5.41) is 0.284. The molecule has 2 N–H and O–H groups in total. The van der Waals surface area contributed by atoms with Crippen LogP contribution in [0.3, 0.4) is 0 Å². The molecule has 6 heteroatoms. The third-order valence-corrected chi connectivity index (χ3v) is 3.70. The van der Waals surface area contributed by atoms with Gasteiger partial charge in [0.2, 0.25) is 0 Å². The molecule has 0 fully saturated rings. The fraction of sp³-hybridized carbons (Fsp3) is 0.0714. The Morgan fingerprint density at radius 2 is 2.05 bits per heavy atom. The highest BCUT2D eigenvalue weighted by molar-refractivity contribution is 9.10. The molecular formula is C14H10BrClFNO2. The monoisotopic (exact) mass is 357 g/mol. The molecular weight excluding hydrogens is 349 g/mol. The van der Waals surface area contributed by atoms with Gasteiger partial charge in [0, 0.05) is 10.0 Å². The smallest absolute Gasteiger partial charge is 0.338 e. The first kappa shape index (κ1) is 14.8. The summed E-state index contributed by atoms with van der Waals surface area (Å²) in [6, 6.07) is 8.64. The molecule has 0 spiro atoms. The second kappa shape index (κ2) is 6.24. The molecule has 0 aliphatic heterocycles. The molecule has 0 unspecified atom stereocenters. The van der Waals surface area contributed by atoms with E-state index in [4.69, 9.17) is 22.1 Å². The number of rotatable bonds is 3. The summed E-state index contributed by atoms with van der Waals surface area (Å²) in [7, 11) is 0. The van der Waals surface area contributed by atoms with Gasteiger partial charge in [0.1, 0.15) is 12.4 Å². The fourth-order valence-electron chi connectivity index (χ4n) is 1.53. The molecule has 0 aromatic heterocycles. The quantitative estimate of drug-likeness (QED) is 0.661. The molecule has 104 valence electrons. The fourth-order valence-corrected chi connectivity index (χ4v) is 2.08. The van der Waals surface area contributed by atoms with E-state index in [1.54, 1.807) is 6.07 Å². The molecule has 0 radical (unpaired) electrons. The summed E-state index contributed by atoms with van der Waals surface area (Å²) in [5.74, 6) is -0.946. The van der Waals surface area contributed by atoms with Crippen molar-refractivity contribution in [1.29, 1.82) is 0 Å². The van der Waals surface area contributed by atoms with Gasteiger partial charge in [-0.15, -0.1) is 0 Å².